The second-order valence-corrected chi connectivity index (χ2v) is 6.22. The number of amides is 1. The Balaban J connectivity index is 1.84. The molecule has 0 radical (unpaired) electrons. The molecule has 3 nitrogen and oxygen atoms in total. The van der Waals surface area contributed by atoms with Gasteiger partial charge in [0.05, 0.1) is 12.0 Å². The molecule has 0 saturated carbocycles. The highest BCUT2D eigenvalue weighted by atomic mass is 32.1. The molecule has 5 heteroatoms. The van der Waals surface area contributed by atoms with Gasteiger partial charge in [-0.3, -0.25) is 4.79 Å². The van der Waals surface area contributed by atoms with Gasteiger partial charge in [0.1, 0.15) is 11.6 Å². The molecule has 2 aromatic carbocycles. The summed E-state index contributed by atoms with van der Waals surface area (Å²) in [6.07, 6.45) is 0. The van der Waals surface area contributed by atoms with Crippen LogP contribution in [-0.2, 0) is 6.54 Å². The maximum atomic E-state index is 13.9. The van der Waals surface area contributed by atoms with Crippen molar-refractivity contribution in [1.29, 1.82) is 0 Å². The average molecular weight is 329 g/mol. The number of benzene rings is 2. The van der Waals surface area contributed by atoms with E-state index in [-0.39, 0.29) is 11.7 Å². The van der Waals surface area contributed by atoms with Gasteiger partial charge in [-0.05, 0) is 30.7 Å². The third-order valence-electron chi connectivity index (χ3n) is 3.74. The van der Waals surface area contributed by atoms with Gasteiger partial charge in [-0.15, -0.1) is 11.3 Å². The minimum Gasteiger partial charge on any atom is -0.496 e. The number of thiophene rings is 1. The van der Waals surface area contributed by atoms with Crippen LogP contribution in [0.3, 0.4) is 0 Å². The lowest BCUT2D eigenvalue weighted by Gasteiger charge is -2.09. The number of carbonyl (C=O) groups excluding carboxylic acids is 1. The van der Waals surface area contributed by atoms with Crippen LogP contribution in [0.5, 0.6) is 5.75 Å². The molecule has 0 spiro atoms. The van der Waals surface area contributed by atoms with Gasteiger partial charge in [0, 0.05) is 22.2 Å². The molecular weight excluding hydrogens is 313 g/mol. The van der Waals surface area contributed by atoms with Crippen LogP contribution in [0.15, 0.2) is 42.5 Å². The molecule has 3 aromatic rings. The van der Waals surface area contributed by atoms with Crippen LogP contribution in [0.25, 0.3) is 10.1 Å². The monoisotopic (exact) mass is 329 g/mol. The first-order valence-corrected chi connectivity index (χ1v) is 8.01. The quantitative estimate of drug-likeness (QED) is 0.775. The van der Waals surface area contributed by atoms with Crippen LogP contribution in [0, 0.1) is 12.7 Å². The van der Waals surface area contributed by atoms with Crippen LogP contribution in [0.1, 0.15) is 20.8 Å². The summed E-state index contributed by atoms with van der Waals surface area (Å²) in [5, 5.41) is 3.41. The van der Waals surface area contributed by atoms with E-state index in [1.54, 1.807) is 20.1 Å². The van der Waals surface area contributed by atoms with Gasteiger partial charge in [0.2, 0.25) is 0 Å². The smallest absolute Gasteiger partial charge is 0.261 e. The highest BCUT2D eigenvalue weighted by Crippen LogP contribution is 2.32. The molecule has 0 atom stereocenters. The number of carbonyl (C=O) groups is 1. The maximum absolute atomic E-state index is 13.9. The van der Waals surface area contributed by atoms with Crippen molar-refractivity contribution in [2.45, 2.75) is 13.5 Å². The van der Waals surface area contributed by atoms with E-state index < -0.39 is 0 Å². The number of fused-ring (bicyclic) bond motifs is 1. The lowest BCUT2D eigenvalue weighted by molar-refractivity contribution is 0.0954. The Morgan fingerprint density at radius 3 is 2.74 bits per heavy atom. The van der Waals surface area contributed by atoms with E-state index in [0.29, 0.717) is 22.4 Å². The topological polar surface area (TPSA) is 38.3 Å². The minimum atomic E-state index is -0.292. The zero-order valence-electron chi connectivity index (χ0n) is 12.9. The van der Waals surface area contributed by atoms with Crippen LogP contribution < -0.4 is 10.1 Å². The predicted octanol–water partition coefficient (Wildman–Crippen LogP) is 4.29. The zero-order chi connectivity index (χ0) is 16.4. The zero-order valence-corrected chi connectivity index (χ0v) is 13.7. The molecule has 1 amide bonds. The van der Waals surface area contributed by atoms with Crippen LogP contribution in [0.2, 0.25) is 0 Å². The number of aryl methyl sites for hydroxylation is 1. The molecule has 1 aromatic heterocycles. The van der Waals surface area contributed by atoms with Crippen molar-refractivity contribution in [3.05, 3.63) is 64.3 Å². The Hall–Kier alpha value is -2.40. The van der Waals surface area contributed by atoms with Crippen molar-refractivity contribution in [1.82, 2.24) is 5.32 Å². The molecule has 23 heavy (non-hydrogen) atoms. The number of hydrogen-bond acceptors (Lipinski definition) is 3. The molecule has 0 aliphatic heterocycles. The molecule has 118 valence electrons. The summed E-state index contributed by atoms with van der Waals surface area (Å²) in [6.45, 7) is 2.14. The van der Waals surface area contributed by atoms with Gasteiger partial charge in [0.25, 0.3) is 5.91 Å². The first kappa shape index (κ1) is 15.5. The minimum absolute atomic E-state index is 0.200. The standard InChI is InChI=1S/C18H16FNO2S/c1-11-16-13(19)7-5-9-15(16)23-17(11)18(21)20-10-12-6-3-4-8-14(12)22-2/h3-9H,10H2,1-2H3,(H,20,21). The predicted molar refractivity (Wildman–Crippen MR) is 90.7 cm³/mol. The van der Waals surface area contributed by atoms with E-state index in [2.05, 4.69) is 5.32 Å². The van der Waals surface area contributed by atoms with Gasteiger partial charge in [-0.25, -0.2) is 4.39 Å². The Morgan fingerprint density at radius 2 is 2.00 bits per heavy atom. The number of hydrogen-bond donors (Lipinski definition) is 1. The summed E-state index contributed by atoms with van der Waals surface area (Å²) in [4.78, 5) is 13.0. The molecular formula is C18H16FNO2S. The van der Waals surface area contributed by atoms with E-state index >= 15 is 0 Å². The Labute approximate surface area is 137 Å². The van der Waals surface area contributed by atoms with Crippen molar-refractivity contribution in [3.8, 4) is 5.75 Å². The van der Waals surface area contributed by atoms with E-state index in [9.17, 15) is 9.18 Å². The van der Waals surface area contributed by atoms with Crippen molar-refractivity contribution in [3.63, 3.8) is 0 Å². The fourth-order valence-corrected chi connectivity index (χ4v) is 3.71. The lowest BCUT2D eigenvalue weighted by atomic mass is 10.1. The number of rotatable bonds is 4. The van der Waals surface area contributed by atoms with Crippen LogP contribution in [-0.4, -0.2) is 13.0 Å². The largest absolute Gasteiger partial charge is 0.496 e. The van der Waals surface area contributed by atoms with Gasteiger partial charge in [0.15, 0.2) is 0 Å². The fraction of sp³-hybridized carbons (Fsp3) is 0.167. The van der Waals surface area contributed by atoms with Gasteiger partial charge >= 0.3 is 0 Å². The highest BCUT2D eigenvalue weighted by Gasteiger charge is 2.17. The van der Waals surface area contributed by atoms with E-state index in [1.807, 2.05) is 30.3 Å². The van der Waals surface area contributed by atoms with E-state index in [0.717, 1.165) is 16.0 Å². The second-order valence-electron chi connectivity index (χ2n) is 5.16. The first-order chi connectivity index (χ1) is 11.1. The van der Waals surface area contributed by atoms with Crippen LogP contribution in [0.4, 0.5) is 4.39 Å². The number of nitrogens with one attached hydrogen (secondary N) is 1. The van der Waals surface area contributed by atoms with Crippen molar-refractivity contribution in [2.24, 2.45) is 0 Å². The summed E-state index contributed by atoms with van der Waals surface area (Å²) in [7, 11) is 1.60. The molecule has 0 saturated heterocycles. The molecule has 0 bridgehead atoms. The third-order valence-corrected chi connectivity index (χ3v) is 5.00. The maximum Gasteiger partial charge on any atom is 0.261 e. The molecule has 1 heterocycles. The van der Waals surface area contributed by atoms with Crippen molar-refractivity contribution in [2.75, 3.05) is 7.11 Å². The SMILES string of the molecule is COc1ccccc1CNC(=O)c1sc2cccc(F)c2c1C. The first-order valence-electron chi connectivity index (χ1n) is 7.19. The van der Waals surface area contributed by atoms with E-state index in [1.165, 1.54) is 17.4 Å². The summed E-state index contributed by atoms with van der Waals surface area (Å²) in [5.41, 5.74) is 1.58. The summed E-state index contributed by atoms with van der Waals surface area (Å²) in [5.74, 6) is 0.237. The van der Waals surface area contributed by atoms with Crippen molar-refractivity contribution >= 4 is 27.3 Å². The normalized spacial score (nSPS) is 10.7. The Bertz CT molecular complexity index is 873. The van der Waals surface area contributed by atoms with Gasteiger partial charge < -0.3 is 10.1 Å². The molecule has 1 N–H and O–H groups in total. The van der Waals surface area contributed by atoms with Gasteiger partial charge in [-0.1, -0.05) is 24.3 Å². The van der Waals surface area contributed by atoms with Gasteiger partial charge in [-0.2, -0.15) is 0 Å². The number of methoxy groups -OCH3 is 1. The fourth-order valence-electron chi connectivity index (χ4n) is 2.57. The summed E-state index contributed by atoms with van der Waals surface area (Å²) >= 11 is 1.31. The molecule has 0 fully saturated rings. The Kier molecular flexibility index (Phi) is 4.30. The molecule has 0 aliphatic carbocycles. The average Bonchev–Trinajstić information content (AvgIpc) is 2.91. The van der Waals surface area contributed by atoms with Crippen LogP contribution >= 0.6 is 11.3 Å². The molecule has 0 unspecified atom stereocenters. The second kappa shape index (κ2) is 6.38. The number of halogens is 1. The highest BCUT2D eigenvalue weighted by molar-refractivity contribution is 7.21. The third kappa shape index (κ3) is 2.92. The Morgan fingerprint density at radius 1 is 1.22 bits per heavy atom. The number of ether oxygens (including phenoxy) is 1. The van der Waals surface area contributed by atoms with E-state index in [4.69, 9.17) is 4.74 Å². The number of para-hydroxylation sites is 1. The molecule has 3 rings (SSSR count). The lowest BCUT2D eigenvalue weighted by Crippen LogP contribution is -2.22. The molecule has 0 aliphatic rings. The summed E-state index contributed by atoms with van der Waals surface area (Å²) < 4.78 is 20.0. The van der Waals surface area contributed by atoms with Crippen molar-refractivity contribution < 1.29 is 13.9 Å². The summed E-state index contributed by atoms with van der Waals surface area (Å²) in [6, 6.07) is 12.4.